The van der Waals surface area contributed by atoms with Crippen LogP contribution in [-0.4, -0.2) is 16.5 Å². The molecule has 0 bridgehead atoms. The van der Waals surface area contributed by atoms with Crippen LogP contribution in [-0.2, 0) is 21.6 Å². The van der Waals surface area contributed by atoms with E-state index in [-0.39, 0.29) is 0 Å². The van der Waals surface area contributed by atoms with Crippen molar-refractivity contribution in [2.75, 3.05) is 0 Å². The molecule has 0 aliphatic carbocycles. The third-order valence-electron chi connectivity index (χ3n) is 6.37. The summed E-state index contributed by atoms with van der Waals surface area (Å²) in [6.45, 7) is 6.90. The van der Waals surface area contributed by atoms with E-state index in [1.165, 1.54) is 5.19 Å². The van der Waals surface area contributed by atoms with Gasteiger partial charge in [-0.25, -0.2) is 8.42 Å². The first kappa shape index (κ1) is 20.0. The Morgan fingerprint density at radius 1 is 0.500 bits per heavy atom. The Labute approximate surface area is 194 Å². The van der Waals surface area contributed by atoms with Gasteiger partial charge in [0.2, 0.25) is 0 Å². The second-order valence-electron chi connectivity index (χ2n) is 9.33. The van der Waals surface area contributed by atoms with Crippen molar-refractivity contribution < 1.29 is 8.42 Å². The molecule has 0 spiro atoms. The number of fused-ring (bicyclic) bond motifs is 6. The van der Waals surface area contributed by atoms with Crippen LogP contribution in [0.2, 0.25) is 19.6 Å². The summed E-state index contributed by atoms with van der Waals surface area (Å²) >= 11 is 0. The Bertz CT molecular complexity index is 1500. The van der Waals surface area contributed by atoms with E-state index in [0.717, 1.165) is 53.0 Å². The van der Waals surface area contributed by atoms with Gasteiger partial charge in [0.1, 0.15) is 0 Å². The molecule has 2 unspecified atom stereocenters. The highest BCUT2D eigenvalue weighted by molar-refractivity contribution is 7.86. The summed E-state index contributed by atoms with van der Waals surface area (Å²) in [5.74, 6) is 0. The highest BCUT2D eigenvalue weighted by Crippen LogP contribution is 2.49. The molecule has 0 N–H and O–H groups in total. The van der Waals surface area contributed by atoms with Crippen molar-refractivity contribution >= 4 is 34.9 Å². The summed E-state index contributed by atoms with van der Waals surface area (Å²) < 4.78 is 27.5. The predicted octanol–water partition coefficient (Wildman–Crippen LogP) is 6.19. The third-order valence-corrected chi connectivity index (χ3v) is 11.8. The molecule has 0 fully saturated rings. The Balaban J connectivity index is 1.62. The van der Waals surface area contributed by atoms with Crippen LogP contribution in [0.15, 0.2) is 98.4 Å². The zero-order valence-electron chi connectivity index (χ0n) is 18.1. The predicted molar refractivity (Wildman–Crippen MR) is 135 cm³/mol. The SMILES string of the molecule is C[Si](C)(C)c1cccc2c1S(=O)c1c(-c3cccc4c3S(=O)c3ccccc3-4)cccc1-2. The number of rotatable bonds is 2. The molecule has 5 heteroatoms. The van der Waals surface area contributed by atoms with Crippen LogP contribution in [0, 0.1) is 0 Å². The molecule has 6 rings (SSSR count). The molecule has 0 radical (unpaired) electrons. The number of hydrogen-bond acceptors (Lipinski definition) is 2. The van der Waals surface area contributed by atoms with Gasteiger partial charge in [-0.3, -0.25) is 0 Å². The van der Waals surface area contributed by atoms with Gasteiger partial charge in [-0.1, -0.05) is 92.4 Å². The summed E-state index contributed by atoms with van der Waals surface area (Å²) in [5, 5.41) is 1.25. The van der Waals surface area contributed by atoms with Crippen LogP contribution in [0.25, 0.3) is 33.4 Å². The maximum absolute atomic E-state index is 14.0. The Morgan fingerprint density at radius 3 is 1.53 bits per heavy atom. The van der Waals surface area contributed by atoms with Crippen LogP contribution >= 0.6 is 0 Å². The van der Waals surface area contributed by atoms with E-state index in [4.69, 9.17) is 0 Å². The summed E-state index contributed by atoms with van der Waals surface area (Å²) in [5.41, 5.74) is 6.01. The van der Waals surface area contributed by atoms with E-state index < -0.39 is 29.7 Å². The second kappa shape index (κ2) is 6.95. The molecule has 2 aliphatic rings. The Kier molecular flexibility index (Phi) is 4.35. The number of benzene rings is 4. The molecule has 4 aromatic rings. The summed E-state index contributed by atoms with van der Waals surface area (Å²) in [7, 11) is -4.20. The van der Waals surface area contributed by atoms with E-state index in [9.17, 15) is 8.42 Å². The van der Waals surface area contributed by atoms with Crippen molar-refractivity contribution in [2.24, 2.45) is 0 Å². The van der Waals surface area contributed by atoms with Crippen LogP contribution in [0.5, 0.6) is 0 Å². The molecule has 158 valence electrons. The van der Waals surface area contributed by atoms with E-state index in [0.29, 0.717) is 0 Å². The maximum atomic E-state index is 14.0. The monoisotopic (exact) mass is 470 g/mol. The minimum Gasteiger partial charge on any atom is -0.249 e. The van der Waals surface area contributed by atoms with Crippen LogP contribution in [0.4, 0.5) is 0 Å². The van der Waals surface area contributed by atoms with E-state index in [1.807, 2.05) is 54.6 Å². The Hall–Kier alpha value is -2.60. The lowest BCUT2D eigenvalue weighted by Crippen LogP contribution is -2.39. The fourth-order valence-electron chi connectivity index (χ4n) is 4.92. The minimum absolute atomic E-state index is 0.834. The van der Waals surface area contributed by atoms with Crippen LogP contribution in [0.3, 0.4) is 0 Å². The van der Waals surface area contributed by atoms with E-state index in [2.05, 4.69) is 43.9 Å². The van der Waals surface area contributed by atoms with Crippen molar-refractivity contribution in [3.63, 3.8) is 0 Å². The van der Waals surface area contributed by atoms with Crippen molar-refractivity contribution in [3.8, 4) is 33.4 Å². The van der Waals surface area contributed by atoms with Gasteiger partial charge in [-0.05, 0) is 22.4 Å². The van der Waals surface area contributed by atoms with Crippen molar-refractivity contribution in [2.45, 2.75) is 39.2 Å². The van der Waals surface area contributed by atoms with Gasteiger partial charge >= 0.3 is 0 Å². The Morgan fingerprint density at radius 2 is 0.938 bits per heavy atom. The second-order valence-corrected chi connectivity index (χ2v) is 17.1. The zero-order valence-corrected chi connectivity index (χ0v) is 20.8. The highest BCUT2D eigenvalue weighted by Gasteiger charge is 2.36. The van der Waals surface area contributed by atoms with Gasteiger partial charge in [0.15, 0.2) is 0 Å². The van der Waals surface area contributed by atoms with Gasteiger partial charge in [0.05, 0.1) is 49.3 Å². The van der Waals surface area contributed by atoms with Crippen molar-refractivity contribution in [1.82, 2.24) is 0 Å². The molecular formula is C27H22O2S2Si. The van der Waals surface area contributed by atoms with E-state index in [1.54, 1.807) is 0 Å². The summed E-state index contributed by atoms with van der Waals surface area (Å²) in [4.78, 5) is 3.52. The zero-order chi connectivity index (χ0) is 22.2. The lowest BCUT2D eigenvalue weighted by atomic mass is 9.96. The first-order valence-electron chi connectivity index (χ1n) is 10.7. The van der Waals surface area contributed by atoms with Gasteiger partial charge < -0.3 is 0 Å². The van der Waals surface area contributed by atoms with Crippen molar-refractivity contribution in [3.05, 3.63) is 78.9 Å². The smallest absolute Gasteiger partial charge is 0.0868 e. The molecule has 0 amide bonds. The largest absolute Gasteiger partial charge is 0.249 e. The molecule has 0 saturated heterocycles. The lowest BCUT2D eigenvalue weighted by molar-refractivity contribution is 0.683. The first-order chi connectivity index (χ1) is 15.4. The van der Waals surface area contributed by atoms with Crippen LogP contribution in [0.1, 0.15) is 0 Å². The molecular weight excluding hydrogens is 449 g/mol. The van der Waals surface area contributed by atoms with Crippen molar-refractivity contribution in [1.29, 1.82) is 0 Å². The lowest BCUT2D eigenvalue weighted by Gasteiger charge is -2.20. The maximum Gasteiger partial charge on any atom is 0.0868 e. The number of hydrogen-bond donors (Lipinski definition) is 0. The van der Waals surface area contributed by atoms with Gasteiger partial charge in [0, 0.05) is 22.3 Å². The molecule has 32 heavy (non-hydrogen) atoms. The quantitative estimate of drug-likeness (QED) is 0.283. The average Bonchev–Trinajstić information content (AvgIpc) is 3.26. The fourth-order valence-corrected chi connectivity index (χ4v) is 10.7. The first-order valence-corrected chi connectivity index (χ1v) is 16.5. The molecule has 2 nitrogen and oxygen atoms in total. The highest BCUT2D eigenvalue weighted by atomic mass is 32.2. The molecule has 0 aromatic heterocycles. The average molecular weight is 471 g/mol. The van der Waals surface area contributed by atoms with Gasteiger partial charge in [0.25, 0.3) is 0 Å². The third kappa shape index (κ3) is 2.68. The minimum atomic E-state index is -1.68. The van der Waals surface area contributed by atoms with Gasteiger partial charge in [-0.15, -0.1) is 0 Å². The molecule has 2 heterocycles. The topological polar surface area (TPSA) is 34.1 Å². The fraction of sp³-hybridized carbons (Fsp3) is 0.111. The van der Waals surface area contributed by atoms with Crippen LogP contribution < -0.4 is 5.19 Å². The molecule has 2 aliphatic heterocycles. The standard InChI is InChI=1S/C27H22O2S2Si/c1-32(2,3)24-16-8-14-22-21-13-7-12-20(26(21)31(29)27(22)24)19-11-6-10-18-17-9-4-5-15-23(17)30(28)25(18)19/h4-16H,1-3H3. The van der Waals surface area contributed by atoms with Gasteiger partial charge in [-0.2, -0.15) is 0 Å². The van der Waals surface area contributed by atoms with E-state index >= 15 is 0 Å². The molecule has 4 aromatic carbocycles. The summed E-state index contributed by atoms with van der Waals surface area (Å²) in [6, 6.07) is 26.5. The summed E-state index contributed by atoms with van der Waals surface area (Å²) in [6.07, 6.45) is 0. The molecule has 2 atom stereocenters. The molecule has 0 saturated carbocycles. The normalized spacial score (nSPS) is 18.1.